The van der Waals surface area contributed by atoms with E-state index < -0.39 is 11.7 Å². The third-order valence-corrected chi connectivity index (χ3v) is 1.27. The molecule has 0 aliphatic rings. The van der Waals surface area contributed by atoms with E-state index in [1.165, 1.54) is 19.9 Å². The minimum absolute atomic E-state index is 0.111. The highest BCUT2D eigenvalue weighted by Gasteiger charge is 2.33. The molecular weight excluding hydrogens is 167 g/mol. The molecule has 0 fully saturated rings. The van der Waals surface area contributed by atoms with Crippen LogP contribution in [0.5, 0.6) is 0 Å². The molecule has 0 aliphatic carbocycles. The Morgan fingerprint density at radius 3 is 2.17 bits per heavy atom. The summed E-state index contributed by atoms with van der Waals surface area (Å²) in [5.41, 5.74) is -0.861. The van der Waals surface area contributed by atoms with Crippen LogP contribution < -0.4 is 0 Å². The van der Waals surface area contributed by atoms with E-state index in [4.69, 9.17) is 0 Å². The van der Waals surface area contributed by atoms with Crippen LogP contribution >= 0.6 is 0 Å². The van der Waals surface area contributed by atoms with E-state index in [-0.39, 0.29) is 5.70 Å². The first-order chi connectivity index (χ1) is 5.43. The van der Waals surface area contributed by atoms with Gasteiger partial charge in [-0.1, -0.05) is 12.2 Å². The van der Waals surface area contributed by atoms with E-state index in [0.717, 1.165) is 6.08 Å². The van der Waals surface area contributed by atoms with E-state index in [1.807, 2.05) is 0 Å². The first-order valence-corrected chi connectivity index (χ1v) is 3.31. The number of aliphatic imine (C=N–C) groups is 1. The molecule has 68 valence electrons. The van der Waals surface area contributed by atoms with E-state index in [2.05, 4.69) is 11.7 Å². The Kier molecular flexibility index (Phi) is 3.73. The van der Waals surface area contributed by atoms with Gasteiger partial charge in [0.1, 0.15) is 0 Å². The van der Waals surface area contributed by atoms with Crippen LogP contribution in [0.25, 0.3) is 0 Å². The number of rotatable bonds is 2. The lowest BCUT2D eigenvalue weighted by atomic mass is 10.2. The summed E-state index contributed by atoms with van der Waals surface area (Å²) in [7, 11) is 0. The van der Waals surface area contributed by atoms with Crippen LogP contribution in [0, 0.1) is 0 Å². The molecule has 0 aliphatic heterocycles. The Balaban J connectivity index is 5.05. The molecule has 0 unspecified atom stereocenters. The van der Waals surface area contributed by atoms with Crippen LogP contribution in [-0.4, -0.2) is 12.9 Å². The van der Waals surface area contributed by atoms with Crippen molar-refractivity contribution in [3.8, 4) is 0 Å². The fraction of sp³-hybridized carbons (Fsp3) is 0.375. The zero-order chi connectivity index (χ0) is 9.78. The van der Waals surface area contributed by atoms with E-state index in [1.54, 1.807) is 0 Å². The zero-order valence-corrected chi connectivity index (χ0v) is 6.94. The minimum atomic E-state index is -4.35. The van der Waals surface area contributed by atoms with Crippen molar-refractivity contribution in [1.29, 1.82) is 0 Å². The molecule has 0 spiro atoms. The first kappa shape index (κ1) is 10.9. The second kappa shape index (κ2) is 4.09. The molecule has 0 saturated carbocycles. The topological polar surface area (TPSA) is 12.4 Å². The highest BCUT2D eigenvalue weighted by Crippen LogP contribution is 2.29. The number of alkyl halides is 3. The summed E-state index contributed by atoms with van der Waals surface area (Å²) < 4.78 is 36.4. The average Bonchev–Trinajstić information content (AvgIpc) is 1.96. The summed E-state index contributed by atoms with van der Waals surface area (Å²) in [6.07, 6.45) is -2.06. The molecule has 0 aromatic rings. The first-order valence-electron chi connectivity index (χ1n) is 3.31. The molecule has 1 nitrogen and oxygen atoms in total. The number of nitrogens with zero attached hydrogens (tertiary/aromatic N) is 1. The molecule has 0 aromatic heterocycles. The molecule has 0 atom stereocenters. The molecule has 0 bridgehead atoms. The van der Waals surface area contributed by atoms with Crippen LogP contribution in [0.3, 0.4) is 0 Å². The predicted octanol–water partition coefficient (Wildman–Crippen LogP) is 3.10. The van der Waals surface area contributed by atoms with Gasteiger partial charge in [-0.25, -0.2) is 0 Å². The Labute approximate surface area is 69.3 Å². The van der Waals surface area contributed by atoms with E-state index in [9.17, 15) is 13.2 Å². The van der Waals surface area contributed by atoms with Gasteiger partial charge < -0.3 is 0 Å². The van der Waals surface area contributed by atoms with Crippen molar-refractivity contribution in [3.05, 3.63) is 23.4 Å². The number of halogens is 3. The van der Waals surface area contributed by atoms with Gasteiger partial charge in [-0.15, -0.1) is 0 Å². The van der Waals surface area contributed by atoms with Gasteiger partial charge in [-0.3, -0.25) is 4.99 Å². The second-order valence-electron chi connectivity index (χ2n) is 2.15. The highest BCUT2D eigenvalue weighted by atomic mass is 19.4. The second-order valence-corrected chi connectivity index (χ2v) is 2.15. The third kappa shape index (κ3) is 2.90. The lowest BCUT2D eigenvalue weighted by Crippen LogP contribution is -2.11. The van der Waals surface area contributed by atoms with Crippen LogP contribution in [-0.2, 0) is 0 Å². The molecule has 0 rings (SSSR count). The van der Waals surface area contributed by atoms with E-state index in [0.29, 0.717) is 0 Å². The van der Waals surface area contributed by atoms with Crippen molar-refractivity contribution in [2.45, 2.75) is 20.0 Å². The van der Waals surface area contributed by atoms with Gasteiger partial charge in [0.15, 0.2) is 0 Å². The molecular formula is C8H10F3N. The van der Waals surface area contributed by atoms with E-state index >= 15 is 0 Å². The normalized spacial score (nSPS) is 14.8. The van der Waals surface area contributed by atoms with Crippen LogP contribution in [0.1, 0.15) is 13.8 Å². The van der Waals surface area contributed by atoms with Gasteiger partial charge in [0.2, 0.25) is 0 Å². The summed E-state index contributed by atoms with van der Waals surface area (Å²) in [6.45, 7) is 5.83. The fourth-order valence-corrected chi connectivity index (χ4v) is 0.672. The molecule has 0 heterocycles. The SMILES string of the molecule is C=N/C(C)=C(\C=C/C)C(F)(F)F. The summed E-state index contributed by atoms with van der Waals surface area (Å²) >= 11 is 0. The van der Waals surface area contributed by atoms with Crippen molar-refractivity contribution in [2.24, 2.45) is 4.99 Å². The molecule has 4 heteroatoms. The fourth-order valence-electron chi connectivity index (χ4n) is 0.672. The van der Waals surface area contributed by atoms with Crippen LogP contribution in [0.15, 0.2) is 28.4 Å². The summed E-state index contributed by atoms with van der Waals surface area (Å²) in [6, 6.07) is 0. The maximum absolute atomic E-state index is 12.1. The van der Waals surface area contributed by atoms with Gasteiger partial charge in [0, 0.05) is 5.70 Å². The van der Waals surface area contributed by atoms with Gasteiger partial charge >= 0.3 is 6.18 Å². The molecule has 0 radical (unpaired) electrons. The Morgan fingerprint density at radius 1 is 1.42 bits per heavy atom. The predicted molar refractivity (Wildman–Crippen MR) is 43.1 cm³/mol. The van der Waals surface area contributed by atoms with Crippen LogP contribution in [0.4, 0.5) is 13.2 Å². The largest absolute Gasteiger partial charge is 0.418 e. The lowest BCUT2D eigenvalue weighted by Gasteiger charge is -2.08. The number of hydrogen-bond acceptors (Lipinski definition) is 1. The number of hydrogen-bond donors (Lipinski definition) is 0. The summed E-state index contributed by atoms with van der Waals surface area (Å²) in [4.78, 5) is 3.23. The van der Waals surface area contributed by atoms with Crippen molar-refractivity contribution in [2.75, 3.05) is 0 Å². The standard InChI is InChI=1S/C8H10F3N/c1-4-5-7(6(2)12-3)8(9,10)11/h4-5H,3H2,1-2H3/b5-4-,7-6+. The highest BCUT2D eigenvalue weighted by molar-refractivity contribution is 5.35. The summed E-state index contributed by atoms with van der Waals surface area (Å²) in [5, 5.41) is 0. The number of allylic oxidation sites excluding steroid dienone is 4. The zero-order valence-electron chi connectivity index (χ0n) is 6.94. The third-order valence-electron chi connectivity index (χ3n) is 1.27. The van der Waals surface area contributed by atoms with Gasteiger partial charge in [0.05, 0.1) is 5.57 Å². The Morgan fingerprint density at radius 2 is 1.92 bits per heavy atom. The average molecular weight is 177 g/mol. The van der Waals surface area contributed by atoms with Crippen LogP contribution in [0.2, 0.25) is 0 Å². The smallest absolute Gasteiger partial charge is 0.269 e. The van der Waals surface area contributed by atoms with Crippen molar-refractivity contribution < 1.29 is 13.2 Å². The van der Waals surface area contributed by atoms with Crippen molar-refractivity contribution in [3.63, 3.8) is 0 Å². The van der Waals surface area contributed by atoms with Gasteiger partial charge in [0.25, 0.3) is 0 Å². The quantitative estimate of drug-likeness (QED) is 0.454. The Hall–Kier alpha value is -1.06. The van der Waals surface area contributed by atoms with Gasteiger partial charge in [-0.05, 0) is 20.6 Å². The molecule has 12 heavy (non-hydrogen) atoms. The van der Waals surface area contributed by atoms with Gasteiger partial charge in [-0.2, -0.15) is 13.2 Å². The van der Waals surface area contributed by atoms with Crippen molar-refractivity contribution in [1.82, 2.24) is 0 Å². The molecule has 0 saturated heterocycles. The Bertz CT molecular complexity index is 223. The molecule has 0 aromatic carbocycles. The summed E-state index contributed by atoms with van der Waals surface area (Å²) in [5.74, 6) is 0. The minimum Gasteiger partial charge on any atom is -0.269 e. The monoisotopic (exact) mass is 177 g/mol. The lowest BCUT2D eigenvalue weighted by molar-refractivity contribution is -0.0890. The maximum Gasteiger partial charge on any atom is 0.418 e. The maximum atomic E-state index is 12.1. The molecule has 0 amide bonds. The van der Waals surface area contributed by atoms with Crippen molar-refractivity contribution >= 4 is 6.72 Å². The molecule has 0 N–H and O–H groups in total.